The molecule has 0 bridgehead atoms. The van der Waals surface area contributed by atoms with Gasteiger partial charge in [-0.25, -0.2) is 4.68 Å². The highest BCUT2D eigenvalue weighted by molar-refractivity contribution is 6.04. The van der Waals surface area contributed by atoms with Crippen molar-refractivity contribution in [2.24, 2.45) is 0 Å². The number of hydrogen-bond acceptors (Lipinski definition) is 5. The van der Waals surface area contributed by atoms with Gasteiger partial charge in [-0.3, -0.25) is 14.5 Å². The molecular weight excluding hydrogens is 410 g/mol. The second-order valence-corrected chi connectivity index (χ2v) is 8.30. The zero-order valence-electron chi connectivity index (χ0n) is 17.9. The molecule has 0 radical (unpaired) electrons. The lowest BCUT2D eigenvalue weighted by molar-refractivity contribution is 0.177. The molecule has 2 unspecified atom stereocenters. The van der Waals surface area contributed by atoms with E-state index in [-0.39, 0.29) is 0 Å². The van der Waals surface area contributed by atoms with Gasteiger partial charge >= 0.3 is 0 Å². The van der Waals surface area contributed by atoms with Crippen molar-refractivity contribution in [3.63, 3.8) is 0 Å². The van der Waals surface area contributed by atoms with Gasteiger partial charge in [0.15, 0.2) is 0 Å². The van der Waals surface area contributed by atoms with Crippen LogP contribution in [-0.2, 0) is 13.0 Å². The van der Waals surface area contributed by atoms with Gasteiger partial charge in [-0.15, -0.1) is 5.10 Å². The first-order chi connectivity index (χ1) is 15.3. The van der Waals surface area contributed by atoms with Gasteiger partial charge in [0, 0.05) is 44.2 Å². The lowest BCUT2D eigenvalue weighted by atomic mass is 10.1. The summed E-state index contributed by atoms with van der Waals surface area (Å²) in [4.78, 5) is 5.28. The van der Waals surface area contributed by atoms with Crippen LogP contribution in [0.1, 0.15) is 30.6 Å². The fourth-order valence-electron chi connectivity index (χ4n) is 5.03. The average molecular weight is 440 g/mol. The van der Waals surface area contributed by atoms with Gasteiger partial charge in [0.05, 0.1) is 23.6 Å². The molecule has 31 heavy (non-hydrogen) atoms. The zero-order valence-corrected chi connectivity index (χ0v) is 18.7. The van der Waals surface area contributed by atoms with Gasteiger partial charge < -0.3 is 0 Å². The van der Waals surface area contributed by atoms with Crippen molar-refractivity contribution in [1.29, 1.82) is 0 Å². The molecule has 164 valence electrons. The highest BCUT2D eigenvalue weighted by Gasteiger charge is 2.41. The smallest absolute Gasteiger partial charge is 0.116 e. The third-order valence-corrected chi connectivity index (χ3v) is 6.35. The van der Waals surface area contributed by atoms with Crippen molar-refractivity contribution in [1.82, 2.24) is 24.8 Å². The molecule has 2 aliphatic rings. The molecule has 0 saturated carbocycles. The van der Waals surface area contributed by atoms with Crippen molar-refractivity contribution in [2.45, 2.75) is 38.4 Å². The van der Waals surface area contributed by atoms with Crippen molar-refractivity contribution in [3.8, 4) is 11.3 Å². The van der Waals surface area contributed by atoms with Crippen molar-refractivity contribution in [3.05, 3.63) is 71.9 Å². The number of rotatable bonds is 5. The highest BCUT2D eigenvalue weighted by Crippen LogP contribution is 2.34. The summed E-state index contributed by atoms with van der Waals surface area (Å²) in [5, 5.41) is 9.31. The van der Waals surface area contributed by atoms with E-state index in [9.17, 15) is 0 Å². The van der Waals surface area contributed by atoms with Gasteiger partial charge in [0.25, 0.3) is 0 Å². The summed E-state index contributed by atoms with van der Waals surface area (Å²) in [6.07, 6.45) is 2.21. The van der Waals surface area contributed by atoms with Crippen LogP contribution in [0.25, 0.3) is 11.3 Å². The van der Waals surface area contributed by atoms with Gasteiger partial charge in [-0.1, -0.05) is 72.8 Å². The Bertz CT molecular complexity index is 949. The van der Waals surface area contributed by atoms with E-state index in [1.165, 1.54) is 23.2 Å². The molecule has 2 aliphatic heterocycles. The Morgan fingerprint density at radius 2 is 1.65 bits per heavy atom. The first-order valence-electron chi connectivity index (χ1n) is 11.0. The molecule has 3 heterocycles. The molecule has 1 saturated heterocycles. The number of nitrogens with zero attached hydrogens (tertiary/aromatic N) is 5. The predicted molar refractivity (Wildman–Crippen MR) is 124 cm³/mol. The lowest BCUT2D eigenvalue weighted by Crippen LogP contribution is -2.41. The van der Waals surface area contributed by atoms with E-state index in [1.54, 1.807) is 0 Å². The van der Waals surface area contributed by atoms with Crippen LogP contribution in [0.5, 0.6) is 0 Å². The first kappa shape index (κ1) is 22.0. The summed E-state index contributed by atoms with van der Waals surface area (Å²) in [6, 6.07) is 22.2. The van der Waals surface area contributed by atoms with Crippen LogP contribution in [0.3, 0.4) is 0 Å². The Morgan fingerprint density at radius 3 is 2.35 bits per heavy atom. The molecule has 0 amide bonds. The molecule has 2 atom stereocenters. The van der Waals surface area contributed by atoms with E-state index in [0.717, 1.165) is 44.8 Å². The fraction of sp³-hybridized carbons (Fsp3) is 0.417. The van der Waals surface area contributed by atoms with Gasteiger partial charge in [0.2, 0.25) is 0 Å². The van der Waals surface area contributed by atoms with Crippen molar-refractivity contribution in [2.75, 3.05) is 26.2 Å². The molecule has 0 spiro atoms. The third kappa shape index (κ3) is 4.67. The normalized spacial score (nSPS) is 21.0. The van der Waals surface area contributed by atoms with Crippen LogP contribution in [0, 0.1) is 0 Å². The van der Waals surface area contributed by atoms with Gasteiger partial charge in [0.1, 0.15) is 5.69 Å². The van der Waals surface area contributed by atoms with Crippen LogP contribution < -0.4 is 0 Å². The van der Waals surface area contributed by atoms with Crippen LogP contribution in [-0.4, -0.2) is 61.7 Å². The summed E-state index contributed by atoms with van der Waals surface area (Å²) >= 11 is 3.64. The summed E-state index contributed by atoms with van der Waals surface area (Å²) in [5.74, 6) is 0. The Labute approximate surface area is 189 Å². The van der Waals surface area contributed by atoms with Crippen LogP contribution in [0.2, 0.25) is 0 Å². The number of halogens is 1. The maximum Gasteiger partial charge on any atom is 0.116 e. The van der Waals surface area contributed by atoms with Gasteiger partial charge in [-0.05, 0) is 18.5 Å². The molecular formula is C24H30ClN5O. The van der Waals surface area contributed by atoms with Crippen LogP contribution in [0.4, 0.5) is 0 Å². The molecule has 1 aromatic heterocycles. The highest BCUT2D eigenvalue weighted by atomic mass is 35.5. The van der Waals surface area contributed by atoms with E-state index in [2.05, 4.69) is 104 Å². The Morgan fingerprint density at radius 1 is 0.968 bits per heavy atom. The number of likely N-dealkylation sites (tertiary alicyclic amines) is 1. The molecule has 6 nitrogen and oxygen atoms in total. The Hall–Kier alpha value is -2.25. The summed E-state index contributed by atoms with van der Waals surface area (Å²) in [7, 11) is 0. The van der Waals surface area contributed by atoms with Crippen molar-refractivity contribution >= 4 is 11.9 Å². The number of aromatic nitrogens is 3. The fourth-order valence-corrected chi connectivity index (χ4v) is 5.03. The number of fused-ring (bicyclic) bond motifs is 3. The second kappa shape index (κ2) is 10.4. The summed E-state index contributed by atoms with van der Waals surface area (Å²) in [5.41, 5.74) is 4.92. The van der Waals surface area contributed by atoms with E-state index < -0.39 is 0 Å². The SMILES string of the molecule is CCCN1CCc2c(-c3ccccc3)nnn2C2CN(Cc3ccccc3)CC21.OCl. The molecule has 2 aromatic carbocycles. The van der Waals surface area contributed by atoms with E-state index in [4.69, 9.17) is 4.66 Å². The Kier molecular flexibility index (Phi) is 7.35. The maximum absolute atomic E-state index is 6.47. The lowest BCUT2D eigenvalue weighted by Gasteiger charge is -2.29. The van der Waals surface area contributed by atoms with Gasteiger partial charge in [-0.2, -0.15) is 0 Å². The van der Waals surface area contributed by atoms with Crippen LogP contribution in [0.15, 0.2) is 60.7 Å². The topological polar surface area (TPSA) is 57.4 Å². The monoisotopic (exact) mass is 439 g/mol. The number of benzene rings is 2. The van der Waals surface area contributed by atoms with E-state index in [1.807, 2.05) is 0 Å². The van der Waals surface area contributed by atoms with E-state index in [0.29, 0.717) is 12.1 Å². The maximum atomic E-state index is 6.47. The Balaban J connectivity index is 0.00000112. The third-order valence-electron chi connectivity index (χ3n) is 6.35. The predicted octanol–water partition coefficient (Wildman–Crippen LogP) is 3.77. The molecule has 5 rings (SSSR count). The molecule has 0 aliphatic carbocycles. The first-order valence-corrected chi connectivity index (χ1v) is 11.3. The molecule has 1 fully saturated rings. The zero-order chi connectivity index (χ0) is 21.6. The quantitative estimate of drug-likeness (QED) is 0.655. The average Bonchev–Trinajstić information content (AvgIpc) is 3.40. The van der Waals surface area contributed by atoms with Crippen LogP contribution >= 0.6 is 11.9 Å². The van der Waals surface area contributed by atoms with E-state index >= 15 is 0 Å². The van der Waals surface area contributed by atoms with Crippen molar-refractivity contribution < 1.29 is 4.66 Å². The standard InChI is InChI=1S/C24H29N5.ClHO/c1-2-14-28-15-13-21-24(20-11-7-4-8-12-20)25-26-29(21)23-18-27(17-22(23)28)16-19-9-5-3-6-10-19;1-2/h3-12,22-23H,2,13-18H2,1H3;2H. The largest absolute Gasteiger partial charge is 0.297 e. The minimum Gasteiger partial charge on any atom is -0.297 e. The molecule has 3 aromatic rings. The summed E-state index contributed by atoms with van der Waals surface area (Å²) < 4.78 is 8.73. The minimum absolute atomic E-state index is 0.368. The summed E-state index contributed by atoms with van der Waals surface area (Å²) in [6.45, 7) is 7.65. The molecule has 1 N–H and O–H groups in total. The second-order valence-electron chi connectivity index (χ2n) is 8.30. The minimum atomic E-state index is 0.368. The number of hydrogen-bond donors (Lipinski definition) is 1. The molecule has 7 heteroatoms.